The van der Waals surface area contributed by atoms with E-state index < -0.39 is 0 Å². The molecule has 26 heavy (non-hydrogen) atoms. The third-order valence-corrected chi connectivity index (χ3v) is 4.71. The number of hydrogen-bond acceptors (Lipinski definition) is 6. The second-order valence-corrected chi connectivity index (χ2v) is 6.74. The Balaban J connectivity index is 1.32. The van der Waals surface area contributed by atoms with Gasteiger partial charge in [0.25, 0.3) is 0 Å². The molecule has 1 aliphatic carbocycles. The molecule has 1 aliphatic rings. The maximum Gasteiger partial charge on any atom is 0.227 e. The molecule has 7 nitrogen and oxygen atoms in total. The fraction of sp³-hybridized carbons (Fsp3) is 0.579. The molecule has 2 heterocycles. The molecule has 3 rings (SSSR count). The van der Waals surface area contributed by atoms with Crippen molar-refractivity contribution in [1.29, 1.82) is 0 Å². The van der Waals surface area contributed by atoms with Crippen molar-refractivity contribution in [3.63, 3.8) is 0 Å². The first-order valence-electron chi connectivity index (χ1n) is 9.54. The molecule has 1 saturated carbocycles. The molecule has 2 aromatic rings. The smallest absolute Gasteiger partial charge is 0.227 e. The second kappa shape index (κ2) is 10.0. The van der Waals surface area contributed by atoms with E-state index in [0.717, 1.165) is 12.1 Å². The maximum atomic E-state index is 12.0. The molecule has 1 fully saturated rings. The van der Waals surface area contributed by atoms with Crippen molar-refractivity contribution in [2.75, 3.05) is 13.1 Å². The summed E-state index contributed by atoms with van der Waals surface area (Å²) in [6.07, 6.45) is 12.0. The van der Waals surface area contributed by atoms with Crippen LogP contribution in [0.15, 0.2) is 29.0 Å². The molecule has 2 aromatic heterocycles. The molecule has 7 heteroatoms. The Kier molecular flexibility index (Phi) is 7.13. The van der Waals surface area contributed by atoms with Gasteiger partial charge in [0.15, 0.2) is 0 Å². The Morgan fingerprint density at radius 1 is 1.12 bits per heavy atom. The second-order valence-electron chi connectivity index (χ2n) is 6.74. The number of aromatic nitrogens is 3. The number of hydrogen-bond donors (Lipinski definition) is 2. The number of pyridine rings is 1. The molecule has 1 amide bonds. The molecular formula is C19H27N5O2. The van der Waals surface area contributed by atoms with E-state index in [4.69, 9.17) is 4.52 Å². The van der Waals surface area contributed by atoms with Gasteiger partial charge in [-0.25, -0.2) is 0 Å². The van der Waals surface area contributed by atoms with Gasteiger partial charge in [0.05, 0.1) is 0 Å². The van der Waals surface area contributed by atoms with E-state index in [1.54, 1.807) is 12.4 Å². The van der Waals surface area contributed by atoms with Crippen molar-refractivity contribution < 1.29 is 9.32 Å². The fourth-order valence-electron chi connectivity index (χ4n) is 3.25. The predicted molar refractivity (Wildman–Crippen MR) is 98.4 cm³/mol. The zero-order chi connectivity index (χ0) is 18.0. The van der Waals surface area contributed by atoms with Gasteiger partial charge in [0, 0.05) is 49.9 Å². The van der Waals surface area contributed by atoms with Crippen LogP contribution in [-0.2, 0) is 11.2 Å². The van der Waals surface area contributed by atoms with Crippen LogP contribution in [0.4, 0.5) is 0 Å². The number of aryl methyl sites for hydroxylation is 1. The van der Waals surface area contributed by atoms with Gasteiger partial charge in [-0.2, -0.15) is 4.98 Å². The molecule has 140 valence electrons. The van der Waals surface area contributed by atoms with Crippen molar-refractivity contribution in [2.24, 2.45) is 0 Å². The molecule has 0 atom stereocenters. The summed E-state index contributed by atoms with van der Waals surface area (Å²) in [7, 11) is 0. The van der Waals surface area contributed by atoms with Gasteiger partial charge in [-0.05, 0) is 25.0 Å². The molecule has 0 aliphatic heterocycles. The summed E-state index contributed by atoms with van der Waals surface area (Å²) >= 11 is 0. The van der Waals surface area contributed by atoms with Crippen molar-refractivity contribution in [2.45, 2.75) is 57.4 Å². The summed E-state index contributed by atoms with van der Waals surface area (Å²) < 4.78 is 5.21. The first-order chi connectivity index (χ1) is 12.8. The van der Waals surface area contributed by atoms with E-state index in [1.165, 1.54) is 38.5 Å². The Hall–Kier alpha value is -2.28. The van der Waals surface area contributed by atoms with E-state index in [2.05, 4.69) is 25.8 Å². The third-order valence-electron chi connectivity index (χ3n) is 4.71. The van der Waals surface area contributed by atoms with Crippen LogP contribution in [0, 0.1) is 0 Å². The van der Waals surface area contributed by atoms with Crippen LogP contribution in [-0.4, -0.2) is 40.2 Å². The summed E-state index contributed by atoms with van der Waals surface area (Å²) in [5.41, 5.74) is 0.851. The van der Waals surface area contributed by atoms with Gasteiger partial charge in [-0.1, -0.05) is 30.8 Å². The minimum atomic E-state index is 0.0105. The molecule has 0 aromatic carbocycles. The largest absolute Gasteiger partial charge is 0.355 e. The highest BCUT2D eigenvalue weighted by molar-refractivity contribution is 5.76. The zero-order valence-corrected chi connectivity index (χ0v) is 15.1. The number of nitrogens with zero attached hydrogens (tertiary/aromatic N) is 3. The molecular weight excluding hydrogens is 330 g/mol. The lowest BCUT2D eigenvalue weighted by Gasteiger charge is -2.16. The maximum absolute atomic E-state index is 12.0. The average Bonchev–Trinajstić information content (AvgIpc) is 3.00. The number of carbonyl (C=O) groups is 1. The third kappa shape index (κ3) is 5.91. The molecule has 0 bridgehead atoms. The van der Waals surface area contributed by atoms with E-state index in [9.17, 15) is 4.79 Å². The minimum Gasteiger partial charge on any atom is -0.355 e. The van der Waals surface area contributed by atoms with E-state index in [0.29, 0.717) is 37.1 Å². The quantitative estimate of drug-likeness (QED) is 0.557. The highest BCUT2D eigenvalue weighted by Gasteiger charge is 2.12. The van der Waals surface area contributed by atoms with Crippen LogP contribution >= 0.6 is 0 Å². The molecule has 0 spiro atoms. The van der Waals surface area contributed by atoms with Crippen LogP contribution in [0.3, 0.4) is 0 Å². The van der Waals surface area contributed by atoms with Crippen LogP contribution in [0.2, 0.25) is 0 Å². The summed E-state index contributed by atoms with van der Waals surface area (Å²) in [6.45, 7) is 1.48. The number of amides is 1. The van der Waals surface area contributed by atoms with Crippen LogP contribution in [0.5, 0.6) is 0 Å². The lowest BCUT2D eigenvalue weighted by molar-refractivity contribution is -0.121. The van der Waals surface area contributed by atoms with Gasteiger partial charge < -0.3 is 15.2 Å². The number of carbonyl (C=O) groups excluding carboxylic acids is 1. The van der Waals surface area contributed by atoms with Crippen LogP contribution < -0.4 is 10.6 Å². The predicted octanol–water partition coefficient (Wildman–Crippen LogP) is 2.49. The van der Waals surface area contributed by atoms with Crippen LogP contribution in [0.25, 0.3) is 11.4 Å². The topological polar surface area (TPSA) is 92.9 Å². The van der Waals surface area contributed by atoms with E-state index in [1.807, 2.05) is 12.1 Å². The Morgan fingerprint density at radius 3 is 2.65 bits per heavy atom. The van der Waals surface area contributed by atoms with Gasteiger partial charge in [-0.3, -0.25) is 9.78 Å². The highest BCUT2D eigenvalue weighted by Crippen LogP contribution is 2.17. The van der Waals surface area contributed by atoms with Gasteiger partial charge in [0.1, 0.15) is 0 Å². The van der Waals surface area contributed by atoms with Crippen LogP contribution in [0.1, 0.15) is 50.8 Å². The van der Waals surface area contributed by atoms with Crippen molar-refractivity contribution in [3.05, 3.63) is 30.4 Å². The standard InChI is InChI=1S/C19H27N5O2/c25-17(22-14-13-21-16-5-3-1-2-4-6-16)7-8-18-23-19(24-26-18)15-9-11-20-12-10-15/h9-12,16,21H,1-8,13-14H2,(H,22,25). The summed E-state index contributed by atoms with van der Waals surface area (Å²) in [6, 6.07) is 4.25. The van der Waals surface area contributed by atoms with Gasteiger partial charge in [0.2, 0.25) is 17.6 Å². The molecule has 0 saturated heterocycles. The SMILES string of the molecule is O=C(CCc1nc(-c2ccncc2)no1)NCCNC1CCCCCC1. The Bertz CT molecular complexity index is 666. The van der Waals surface area contributed by atoms with Gasteiger partial charge in [-0.15, -0.1) is 0 Å². The first-order valence-corrected chi connectivity index (χ1v) is 9.54. The summed E-state index contributed by atoms with van der Waals surface area (Å²) in [4.78, 5) is 20.2. The normalized spacial score (nSPS) is 15.5. The summed E-state index contributed by atoms with van der Waals surface area (Å²) in [5, 5.41) is 10.4. The highest BCUT2D eigenvalue weighted by atomic mass is 16.5. The molecule has 0 unspecified atom stereocenters. The van der Waals surface area contributed by atoms with E-state index >= 15 is 0 Å². The zero-order valence-electron chi connectivity index (χ0n) is 15.1. The van der Waals surface area contributed by atoms with Gasteiger partial charge >= 0.3 is 0 Å². The molecule has 0 radical (unpaired) electrons. The Morgan fingerprint density at radius 2 is 1.88 bits per heavy atom. The average molecular weight is 357 g/mol. The van der Waals surface area contributed by atoms with Crippen molar-refractivity contribution in [3.8, 4) is 11.4 Å². The lowest BCUT2D eigenvalue weighted by atomic mass is 10.1. The minimum absolute atomic E-state index is 0.0105. The summed E-state index contributed by atoms with van der Waals surface area (Å²) in [5.74, 6) is 1.01. The number of nitrogens with one attached hydrogen (secondary N) is 2. The van der Waals surface area contributed by atoms with Crippen molar-refractivity contribution >= 4 is 5.91 Å². The number of rotatable bonds is 8. The fourth-order valence-corrected chi connectivity index (χ4v) is 3.25. The monoisotopic (exact) mass is 357 g/mol. The Labute approximate surface area is 154 Å². The van der Waals surface area contributed by atoms with Crippen molar-refractivity contribution in [1.82, 2.24) is 25.8 Å². The lowest BCUT2D eigenvalue weighted by Crippen LogP contribution is -2.36. The van der Waals surface area contributed by atoms with E-state index in [-0.39, 0.29) is 5.91 Å². The first kappa shape index (κ1) is 18.5. The molecule has 2 N–H and O–H groups in total.